The number of rotatable bonds is 3. The maximum absolute atomic E-state index is 13.2. The van der Waals surface area contributed by atoms with Crippen molar-refractivity contribution in [1.29, 1.82) is 0 Å². The molecule has 0 aliphatic heterocycles. The molecule has 1 radical (unpaired) electrons. The average Bonchev–Trinajstić information content (AvgIpc) is 2.37. The standard InChI is InChI=1S/C15H13F3N/c1-12-7-5-6-10-14(12)19(15(16,17)18)11-13-8-3-2-4-9-13/h2-10H,1,11H2. The van der Waals surface area contributed by atoms with Crippen LogP contribution in [-0.4, -0.2) is 6.30 Å². The molecule has 0 amide bonds. The van der Waals surface area contributed by atoms with Crippen LogP contribution in [0.4, 0.5) is 18.9 Å². The molecule has 1 nitrogen and oxygen atoms in total. The van der Waals surface area contributed by atoms with Gasteiger partial charge >= 0.3 is 6.30 Å². The van der Waals surface area contributed by atoms with Crippen molar-refractivity contribution in [3.63, 3.8) is 0 Å². The lowest BCUT2D eigenvalue weighted by molar-refractivity contribution is -0.130. The summed E-state index contributed by atoms with van der Waals surface area (Å²) in [4.78, 5) is 0.407. The molecular weight excluding hydrogens is 251 g/mol. The van der Waals surface area contributed by atoms with Crippen LogP contribution in [0.3, 0.4) is 0 Å². The molecule has 0 N–H and O–H groups in total. The van der Waals surface area contributed by atoms with E-state index in [2.05, 4.69) is 6.92 Å². The van der Waals surface area contributed by atoms with Crippen LogP contribution in [0.15, 0.2) is 54.6 Å². The Morgan fingerprint density at radius 1 is 0.895 bits per heavy atom. The van der Waals surface area contributed by atoms with Crippen molar-refractivity contribution >= 4 is 5.69 Å². The van der Waals surface area contributed by atoms with Gasteiger partial charge in [0.25, 0.3) is 0 Å². The van der Waals surface area contributed by atoms with Crippen LogP contribution in [0.25, 0.3) is 0 Å². The Hall–Kier alpha value is -1.97. The van der Waals surface area contributed by atoms with E-state index in [1.807, 2.05) is 0 Å². The summed E-state index contributed by atoms with van der Waals surface area (Å²) in [5, 5.41) is 0. The molecular formula is C15H13F3N. The average molecular weight is 264 g/mol. The van der Waals surface area contributed by atoms with E-state index in [0.717, 1.165) is 0 Å². The summed E-state index contributed by atoms with van der Waals surface area (Å²) >= 11 is 0. The van der Waals surface area contributed by atoms with Crippen LogP contribution in [0, 0.1) is 6.92 Å². The zero-order valence-corrected chi connectivity index (χ0v) is 10.2. The Bertz CT molecular complexity index is 535. The second-order valence-corrected chi connectivity index (χ2v) is 4.17. The first-order valence-corrected chi connectivity index (χ1v) is 5.78. The molecule has 0 spiro atoms. The number of hydrogen-bond donors (Lipinski definition) is 0. The molecule has 0 fully saturated rings. The van der Waals surface area contributed by atoms with Gasteiger partial charge in [0.2, 0.25) is 0 Å². The number of benzene rings is 2. The molecule has 0 atom stereocenters. The summed E-state index contributed by atoms with van der Waals surface area (Å²) in [7, 11) is 0. The Kier molecular flexibility index (Phi) is 3.79. The summed E-state index contributed by atoms with van der Waals surface area (Å²) in [6.07, 6.45) is -4.44. The summed E-state index contributed by atoms with van der Waals surface area (Å²) in [6.45, 7) is 3.43. The summed E-state index contributed by atoms with van der Waals surface area (Å²) in [5.41, 5.74) is 1.04. The summed E-state index contributed by atoms with van der Waals surface area (Å²) < 4.78 is 39.5. The van der Waals surface area contributed by atoms with Crippen LogP contribution < -0.4 is 4.90 Å². The van der Waals surface area contributed by atoms with E-state index in [-0.39, 0.29) is 12.2 Å². The van der Waals surface area contributed by atoms with E-state index in [4.69, 9.17) is 0 Å². The molecule has 19 heavy (non-hydrogen) atoms. The molecule has 0 saturated carbocycles. The minimum Gasteiger partial charge on any atom is -0.279 e. The Balaban J connectivity index is 2.36. The summed E-state index contributed by atoms with van der Waals surface area (Å²) in [6, 6.07) is 14.8. The van der Waals surface area contributed by atoms with Crippen LogP contribution in [0.5, 0.6) is 0 Å². The van der Waals surface area contributed by atoms with E-state index in [9.17, 15) is 13.2 Å². The van der Waals surface area contributed by atoms with Crippen LogP contribution >= 0.6 is 0 Å². The molecule has 0 aromatic heterocycles. The smallest absolute Gasteiger partial charge is 0.279 e. The van der Waals surface area contributed by atoms with Gasteiger partial charge in [-0.1, -0.05) is 48.5 Å². The highest BCUT2D eigenvalue weighted by Crippen LogP contribution is 2.32. The molecule has 2 rings (SSSR count). The van der Waals surface area contributed by atoms with E-state index in [1.165, 1.54) is 6.07 Å². The topological polar surface area (TPSA) is 3.24 Å². The number of alkyl halides is 3. The monoisotopic (exact) mass is 264 g/mol. The highest BCUT2D eigenvalue weighted by Gasteiger charge is 2.38. The highest BCUT2D eigenvalue weighted by atomic mass is 19.4. The number of anilines is 1. The first kappa shape index (κ1) is 13.5. The molecule has 0 heterocycles. The molecule has 4 heteroatoms. The number of nitrogens with zero attached hydrogens (tertiary/aromatic N) is 1. The van der Waals surface area contributed by atoms with Gasteiger partial charge in [-0.05, 0) is 24.1 Å². The van der Waals surface area contributed by atoms with Gasteiger partial charge in [0.05, 0.1) is 6.54 Å². The Morgan fingerprint density at radius 2 is 1.47 bits per heavy atom. The van der Waals surface area contributed by atoms with Gasteiger partial charge in [-0.15, -0.1) is 0 Å². The van der Waals surface area contributed by atoms with Crippen molar-refractivity contribution in [2.75, 3.05) is 4.90 Å². The lowest BCUT2D eigenvalue weighted by Crippen LogP contribution is -2.37. The van der Waals surface area contributed by atoms with Crippen LogP contribution in [0.1, 0.15) is 11.1 Å². The van der Waals surface area contributed by atoms with Crippen molar-refractivity contribution in [3.05, 3.63) is 72.6 Å². The lowest BCUT2D eigenvalue weighted by Gasteiger charge is -2.28. The third kappa shape index (κ3) is 3.28. The largest absolute Gasteiger partial charge is 0.485 e. The van der Waals surface area contributed by atoms with Gasteiger partial charge in [-0.2, -0.15) is 13.2 Å². The molecule has 99 valence electrons. The number of halogens is 3. The van der Waals surface area contributed by atoms with Gasteiger partial charge in [-0.3, -0.25) is 4.90 Å². The second kappa shape index (κ2) is 5.34. The van der Waals surface area contributed by atoms with Crippen molar-refractivity contribution < 1.29 is 13.2 Å². The fourth-order valence-corrected chi connectivity index (χ4v) is 1.85. The first-order chi connectivity index (χ1) is 8.98. The van der Waals surface area contributed by atoms with Crippen molar-refractivity contribution in [2.45, 2.75) is 12.8 Å². The number of hydrogen-bond acceptors (Lipinski definition) is 1. The zero-order chi connectivity index (χ0) is 13.9. The van der Waals surface area contributed by atoms with Gasteiger partial charge in [0.1, 0.15) is 0 Å². The molecule has 0 unspecified atom stereocenters. The minimum atomic E-state index is -4.44. The molecule has 2 aromatic rings. The molecule has 0 aliphatic carbocycles. The normalized spacial score (nSPS) is 11.4. The highest BCUT2D eigenvalue weighted by molar-refractivity contribution is 5.56. The molecule has 0 bridgehead atoms. The third-order valence-electron chi connectivity index (χ3n) is 2.77. The van der Waals surface area contributed by atoms with Crippen molar-refractivity contribution in [3.8, 4) is 0 Å². The summed E-state index contributed by atoms with van der Waals surface area (Å²) in [5.74, 6) is 0. The quantitative estimate of drug-likeness (QED) is 0.743. The Morgan fingerprint density at radius 3 is 2.05 bits per heavy atom. The second-order valence-electron chi connectivity index (χ2n) is 4.17. The van der Waals surface area contributed by atoms with Crippen molar-refractivity contribution in [2.24, 2.45) is 0 Å². The van der Waals surface area contributed by atoms with Gasteiger partial charge < -0.3 is 0 Å². The predicted octanol–water partition coefficient (Wildman–Crippen LogP) is 4.40. The zero-order valence-electron chi connectivity index (χ0n) is 10.2. The van der Waals surface area contributed by atoms with Crippen LogP contribution in [0.2, 0.25) is 0 Å². The van der Waals surface area contributed by atoms with E-state index < -0.39 is 6.30 Å². The number of para-hydroxylation sites is 1. The lowest BCUT2D eigenvalue weighted by atomic mass is 10.1. The molecule has 0 aliphatic rings. The maximum atomic E-state index is 13.2. The minimum absolute atomic E-state index is 0.0823. The van der Waals surface area contributed by atoms with Crippen LogP contribution in [-0.2, 0) is 6.54 Å². The van der Waals surface area contributed by atoms with Gasteiger partial charge in [0.15, 0.2) is 0 Å². The molecule has 2 aromatic carbocycles. The fraction of sp³-hybridized carbons (Fsp3) is 0.133. The predicted molar refractivity (Wildman–Crippen MR) is 69.6 cm³/mol. The third-order valence-corrected chi connectivity index (χ3v) is 2.77. The first-order valence-electron chi connectivity index (χ1n) is 5.78. The van der Waals surface area contributed by atoms with E-state index >= 15 is 0 Å². The van der Waals surface area contributed by atoms with Gasteiger partial charge in [0, 0.05) is 5.69 Å². The van der Waals surface area contributed by atoms with E-state index in [0.29, 0.717) is 16.0 Å². The maximum Gasteiger partial charge on any atom is 0.485 e. The van der Waals surface area contributed by atoms with Crippen molar-refractivity contribution in [1.82, 2.24) is 0 Å². The SMILES string of the molecule is [CH2]c1ccccc1N(Cc1ccccc1)C(F)(F)F. The van der Waals surface area contributed by atoms with E-state index in [1.54, 1.807) is 48.5 Å². The fourth-order valence-electron chi connectivity index (χ4n) is 1.85. The molecule has 0 saturated heterocycles. The van der Waals surface area contributed by atoms with Gasteiger partial charge in [-0.25, -0.2) is 0 Å². The Labute approximate surface area is 110 Å².